The average Bonchev–Trinajstić information content (AvgIpc) is 2.65. The molecule has 2 heterocycles. The minimum absolute atomic E-state index is 0.0772. The Hall–Kier alpha value is -1.88. The third-order valence-corrected chi connectivity index (χ3v) is 2.01. The number of furan rings is 1. The summed E-state index contributed by atoms with van der Waals surface area (Å²) in [5.41, 5.74) is 0. The Morgan fingerprint density at radius 3 is 2.88 bits per heavy atom. The molecule has 1 amide bonds. The summed E-state index contributed by atoms with van der Waals surface area (Å²) in [5, 5.41) is 2.62. The van der Waals surface area contributed by atoms with Crippen molar-refractivity contribution in [1.82, 2.24) is 9.97 Å². The van der Waals surface area contributed by atoms with Crippen LogP contribution < -0.4 is 5.32 Å². The number of anilines is 1. The molecule has 0 aliphatic rings. The summed E-state index contributed by atoms with van der Waals surface area (Å²) in [4.78, 5) is 19.2. The lowest BCUT2D eigenvalue weighted by Gasteiger charge is -2.01. The molecule has 1 N–H and O–H groups in total. The summed E-state index contributed by atoms with van der Waals surface area (Å²) < 4.78 is 5.16. The van der Waals surface area contributed by atoms with Gasteiger partial charge in [0.2, 0.25) is 5.28 Å². The van der Waals surface area contributed by atoms with Crippen LogP contribution in [0.4, 0.5) is 5.82 Å². The third kappa shape index (κ3) is 2.38. The number of aromatic nitrogens is 2. The molecular formula is C10H8ClN3O2. The Kier molecular flexibility index (Phi) is 2.87. The van der Waals surface area contributed by atoms with Gasteiger partial charge >= 0.3 is 0 Å². The zero-order valence-corrected chi connectivity index (χ0v) is 9.15. The number of hydrogen-bond acceptors (Lipinski definition) is 4. The van der Waals surface area contributed by atoms with Crippen LogP contribution in [-0.4, -0.2) is 15.9 Å². The van der Waals surface area contributed by atoms with Crippen LogP contribution in [0.25, 0.3) is 0 Å². The highest BCUT2D eigenvalue weighted by atomic mass is 35.5. The number of aryl methyl sites for hydroxylation is 1. The van der Waals surface area contributed by atoms with E-state index >= 15 is 0 Å². The first-order valence-corrected chi connectivity index (χ1v) is 4.89. The summed E-state index contributed by atoms with van der Waals surface area (Å²) in [7, 11) is 0. The lowest BCUT2D eigenvalue weighted by atomic mass is 10.4. The van der Waals surface area contributed by atoms with Crippen molar-refractivity contribution in [3.8, 4) is 0 Å². The number of carbonyl (C=O) groups is 1. The highest BCUT2D eigenvalue weighted by molar-refractivity contribution is 6.28. The first kappa shape index (κ1) is 10.6. The molecule has 2 rings (SSSR count). The molecule has 2 aromatic rings. The van der Waals surface area contributed by atoms with Gasteiger partial charge in [-0.25, -0.2) is 9.97 Å². The maximum Gasteiger partial charge on any atom is 0.292 e. The van der Waals surface area contributed by atoms with E-state index < -0.39 is 0 Å². The van der Waals surface area contributed by atoms with Crippen molar-refractivity contribution < 1.29 is 9.21 Å². The predicted octanol–water partition coefficient (Wildman–Crippen LogP) is 2.28. The first-order chi connectivity index (χ1) is 7.65. The second kappa shape index (κ2) is 4.32. The molecule has 0 aliphatic heterocycles. The summed E-state index contributed by atoms with van der Waals surface area (Å²) >= 11 is 5.58. The van der Waals surface area contributed by atoms with Crippen LogP contribution in [0.5, 0.6) is 0 Å². The van der Waals surface area contributed by atoms with Gasteiger partial charge in [0.15, 0.2) is 5.76 Å². The molecule has 0 saturated carbocycles. The van der Waals surface area contributed by atoms with Gasteiger partial charge in [-0.05, 0) is 36.7 Å². The Balaban J connectivity index is 2.13. The van der Waals surface area contributed by atoms with E-state index in [4.69, 9.17) is 16.0 Å². The molecule has 0 fully saturated rings. The second-order valence-corrected chi connectivity index (χ2v) is 3.41. The van der Waals surface area contributed by atoms with E-state index in [1.807, 2.05) is 0 Å². The quantitative estimate of drug-likeness (QED) is 0.814. The average molecular weight is 238 g/mol. The molecule has 0 aliphatic carbocycles. The van der Waals surface area contributed by atoms with E-state index in [0.29, 0.717) is 11.6 Å². The summed E-state index contributed by atoms with van der Waals surface area (Å²) in [5.74, 6) is 0.861. The molecule has 0 saturated heterocycles. The molecular weight excluding hydrogens is 230 g/mol. The molecule has 0 unspecified atom stereocenters. The normalized spacial score (nSPS) is 10.1. The van der Waals surface area contributed by atoms with Crippen LogP contribution in [0.3, 0.4) is 0 Å². The van der Waals surface area contributed by atoms with Gasteiger partial charge < -0.3 is 9.73 Å². The van der Waals surface area contributed by atoms with Crippen molar-refractivity contribution in [1.29, 1.82) is 0 Å². The number of halogens is 1. The van der Waals surface area contributed by atoms with Gasteiger partial charge in [0.1, 0.15) is 11.6 Å². The van der Waals surface area contributed by atoms with Gasteiger partial charge in [-0.3, -0.25) is 4.79 Å². The number of rotatable bonds is 2. The van der Waals surface area contributed by atoms with Gasteiger partial charge in [0, 0.05) is 6.20 Å². The molecule has 16 heavy (non-hydrogen) atoms. The Labute approximate surface area is 96.5 Å². The first-order valence-electron chi connectivity index (χ1n) is 4.51. The van der Waals surface area contributed by atoms with Crippen LogP contribution in [0.2, 0.25) is 5.28 Å². The molecule has 0 atom stereocenters. The van der Waals surface area contributed by atoms with Gasteiger partial charge in [-0.1, -0.05) is 0 Å². The van der Waals surface area contributed by atoms with E-state index in [-0.39, 0.29) is 17.0 Å². The summed E-state index contributed by atoms with van der Waals surface area (Å²) in [6, 6.07) is 4.84. The van der Waals surface area contributed by atoms with E-state index in [1.165, 1.54) is 6.20 Å². The van der Waals surface area contributed by atoms with Crippen LogP contribution in [0.1, 0.15) is 16.3 Å². The molecule has 82 valence electrons. The van der Waals surface area contributed by atoms with Crippen molar-refractivity contribution >= 4 is 23.3 Å². The molecule has 5 nitrogen and oxygen atoms in total. The Bertz CT molecular complexity index is 524. The van der Waals surface area contributed by atoms with Crippen LogP contribution >= 0.6 is 11.6 Å². The fourth-order valence-electron chi connectivity index (χ4n) is 1.14. The van der Waals surface area contributed by atoms with Crippen molar-refractivity contribution in [3.63, 3.8) is 0 Å². The minimum Gasteiger partial charge on any atom is -0.456 e. The third-order valence-electron chi connectivity index (χ3n) is 1.83. The van der Waals surface area contributed by atoms with E-state index in [9.17, 15) is 4.79 Å². The van der Waals surface area contributed by atoms with E-state index in [0.717, 1.165) is 0 Å². The molecule has 0 aromatic carbocycles. The standard InChI is InChI=1S/C10H8ClN3O2/c1-6-2-3-7(16-6)9(15)13-8-4-5-12-10(11)14-8/h2-5H,1H3,(H,12,13,14,15). The van der Waals surface area contributed by atoms with Crippen LogP contribution in [0.15, 0.2) is 28.8 Å². The zero-order chi connectivity index (χ0) is 11.5. The molecule has 0 bridgehead atoms. The highest BCUT2D eigenvalue weighted by Crippen LogP contribution is 2.10. The number of nitrogens with one attached hydrogen (secondary N) is 1. The fraction of sp³-hybridized carbons (Fsp3) is 0.100. The zero-order valence-electron chi connectivity index (χ0n) is 8.40. The molecule has 0 spiro atoms. The smallest absolute Gasteiger partial charge is 0.292 e. The van der Waals surface area contributed by atoms with Gasteiger partial charge in [-0.2, -0.15) is 0 Å². The van der Waals surface area contributed by atoms with Crippen molar-refractivity contribution in [2.24, 2.45) is 0 Å². The van der Waals surface area contributed by atoms with Gasteiger partial charge in [0.25, 0.3) is 5.91 Å². The van der Waals surface area contributed by atoms with E-state index in [2.05, 4.69) is 15.3 Å². The van der Waals surface area contributed by atoms with Gasteiger partial charge in [0.05, 0.1) is 0 Å². The number of amides is 1. The second-order valence-electron chi connectivity index (χ2n) is 3.08. The Morgan fingerprint density at radius 2 is 2.25 bits per heavy atom. The summed E-state index contributed by atoms with van der Waals surface area (Å²) in [6.07, 6.45) is 1.46. The molecule has 6 heteroatoms. The predicted molar refractivity (Wildman–Crippen MR) is 58.4 cm³/mol. The van der Waals surface area contributed by atoms with Gasteiger partial charge in [-0.15, -0.1) is 0 Å². The number of nitrogens with zero attached hydrogens (tertiary/aromatic N) is 2. The molecule has 2 aromatic heterocycles. The van der Waals surface area contributed by atoms with Crippen LogP contribution in [0, 0.1) is 6.92 Å². The topological polar surface area (TPSA) is 68.0 Å². The number of carbonyl (C=O) groups excluding carboxylic acids is 1. The lowest BCUT2D eigenvalue weighted by Crippen LogP contribution is -2.12. The monoisotopic (exact) mass is 237 g/mol. The summed E-state index contributed by atoms with van der Waals surface area (Å²) in [6.45, 7) is 1.76. The Morgan fingerprint density at radius 1 is 1.44 bits per heavy atom. The van der Waals surface area contributed by atoms with Crippen molar-refractivity contribution in [2.75, 3.05) is 5.32 Å². The lowest BCUT2D eigenvalue weighted by molar-refractivity contribution is 0.0995. The van der Waals surface area contributed by atoms with Crippen molar-refractivity contribution in [3.05, 3.63) is 41.2 Å². The largest absolute Gasteiger partial charge is 0.456 e. The minimum atomic E-state index is -0.372. The highest BCUT2D eigenvalue weighted by Gasteiger charge is 2.10. The van der Waals surface area contributed by atoms with Crippen LogP contribution in [-0.2, 0) is 0 Å². The fourth-order valence-corrected chi connectivity index (χ4v) is 1.29. The van der Waals surface area contributed by atoms with E-state index in [1.54, 1.807) is 25.1 Å². The molecule has 0 radical (unpaired) electrons. The number of hydrogen-bond donors (Lipinski definition) is 1. The van der Waals surface area contributed by atoms with Crippen molar-refractivity contribution in [2.45, 2.75) is 6.92 Å². The maximum atomic E-state index is 11.6. The maximum absolute atomic E-state index is 11.6. The SMILES string of the molecule is Cc1ccc(C(=O)Nc2ccnc(Cl)n2)o1.